The third-order valence-electron chi connectivity index (χ3n) is 3.24. The van der Waals surface area contributed by atoms with Crippen LogP contribution in [-0.4, -0.2) is 22.9 Å². The third-order valence-corrected chi connectivity index (χ3v) is 3.24. The van der Waals surface area contributed by atoms with Crippen LogP contribution in [0.3, 0.4) is 0 Å². The van der Waals surface area contributed by atoms with Gasteiger partial charge in [0.1, 0.15) is 0 Å². The van der Waals surface area contributed by atoms with Crippen LogP contribution in [0.15, 0.2) is 42.6 Å². The molecule has 0 radical (unpaired) electrons. The maximum atomic E-state index is 11.9. The topological polar surface area (TPSA) is 63.1 Å². The summed E-state index contributed by atoms with van der Waals surface area (Å²) in [5.41, 5.74) is 2.65. The predicted molar refractivity (Wildman–Crippen MR) is 80.8 cm³/mol. The Morgan fingerprint density at radius 1 is 1.10 bits per heavy atom. The standard InChI is InChI=1S/C16H19N3O2/c1-12-5-7-13(8-6-12)16(21)18-11-15(20)17-10-14-4-3-9-19(14)2/h3-9H,10-11H2,1-2H3,(H,17,20)(H,18,21). The van der Waals surface area contributed by atoms with Gasteiger partial charge in [0.25, 0.3) is 5.91 Å². The summed E-state index contributed by atoms with van der Waals surface area (Å²) in [7, 11) is 1.92. The number of carbonyl (C=O) groups excluding carboxylic acids is 2. The van der Waals surface area contributed by atoms with Crippen LogP contribution in [0.5, 0.6) is 0 Å². The molecule has 2 rings (SSSR count). The third kappa shape index (κ3) is 4.21. The van der Waals surface area contributed by atoms with Crippen molar-refractivity contribution in [1.82, 2.24) is 15.2 Å². The van der Waals surface area contributed by atoms with E-state index < -0.39 is 0 Å². The van der Waals surface area contributed by atoms with Crippen LogP contribution >= 0.6 is 0 Å². The zero-order valence-electron chi connectivity index (χ0n) is 12.2. The molecule has 5 heteroatoms. The number of rotatable bonds is 5. The van der Waals surface area contributed by atoms with E-state index in [1.807, 2.05) is 49.0 Å². The number of benzene rings is 1. The lowest BCUT2D eigenvalue weighted by Gasteiger charge is -2.08. The lowest BCUT2D eigenvalue weighted by molar-refractivity contribution is -0.120. The summed E-state index contributed by atoms with van der Waals surface area (Å²) in [6.07, 6.45) is 1.92. The lowest BCUT2D eigenvalue weighted by atomic mass is 10.1. The average Bonchev–Trinajstić information content (AvgIpc) is 2.88. The highest BCUT2D eigenvalue weighted by atomic mass is 16.2. The molecule has 0 bridgehead atoms. The summed E-state index contributed by atoms with van der Waals surface area (Å²) < 4.78 is 1.94. The van der Waals surface area contributed by atoms with Gasteiger partial charge >= 0.3 is 0 Å². The SMILES string of the molecule is Cc1ccc(C(=O)NCC(=O)NCc2cccn2C)cc1. The molecule has 1 heterocycles. The molecular formula is C16H19N3O2. The number of nitrogens with one attached hydrogen (secondary N) is 2. The molecule has 110 valence electrons. The van der Waals surface area contributed by atoms with Crippen LogP contribution in [0.2, 0.25) is 0 Å². The molecule has 2 amide bonds. The first-order valence-electron chi connectivity index (χ1n) is 6.78. The van der Waals surface area contributed by atoms with Crippen LogP contribution in [0, 0.1) is 6.92 Å². The Hall–Kier alpha value is -2.56. The first-order chi connectivity index (χ1) is 10.1. The van der Waals surface area contributed by atoms with Gasteiger partial charge < -0.3 is 15.2 Å². The summed E-state index contributed by atoms with van der Waals surface area (Å²) in [5.74, 6) is -0.458. The van der Waals surface area contributed by atoms with Crippen molar-refractivity contribution in [3.63, 3.8) is 0 Å². The van der Waals surface area contributed by atoms with Crippen LogP contribution in [0.1, 0.15) is 21.6 Å². The maximum Gasteiger partial charge on any atom is 0.251 e. The highest BCUT2D eigenvalue weighted by Gasteiger charge is 2.08. The minimum Gasteiger partial charge on any atom is -0.353 e. The number of hydrogen-bond donors (Lipinski definition) is 2. The Labute approximate surface area is 124 Å². The van der Waals surface area contributed by atoms with Crippen molar-refractivity contribution in [3.05, 3.63) is 59.4 Å². The van der Waals surface area contributed by atoms with Gasteiger partial charge in [-0.05, 0) is 31.2 Å². The molecule has 0 fully saturated rings. The van der Waals surface area contributed by atoms with Crippen LogP contribution in [0.25, 0.3) is 0 Å². The minimum absolute atomic E-state index is 0.0306. The van der Waals surface area contributed by atoms with E-state index in [2.05, 4.69) is 10.6 Å². The molecule has 0 unspecified atom stereocenters. The highest BCUT2D eigenvalue weighted by molar-refractivity contribution is 5.96. The van der Waals surface area contributed by atoms with Crippen molar-refractivity contribution >= 4 is 11.8 Å². The Morgan fingerprint density at radius 3 is 2.43 bits per heavy atom. The molecule has 0 aliphatic carbocycles. The summed E-state index contributed by atoms with van der Waals surface area (Å²) in [6.45, 7) is 2.37. The van der Waals surface area contributed by atoms with Crippen LogP contribution in [0.4, 0.5) is 0 Å². The number of hydrogen-bond acceptors (Lipinski definition) is 2. The number of amides is 2. The van der Waals surface area contributed by atoms with Gasteiger partial charge in [-0.3, -0.25) is 9.59 Å². The Balaban J connectivity index is 1.77. The molecule has 0 saturated carbocycles. The van der Waals surface area contributed by atoms with E-state index in [0.717, 1.165) is 11.3 Å². The van der Waals surface area contributed by atoms with Gasteiger partial charge in [0.2, 0.25) is 5.91 Å². The molecule has 2 N–H and O–H groups in total. The smallest absolute Gasteiger partial charge is 0.251 e. The number of aromatic nitrogens is 1. The zero-order chi connectivity index (χ0) is 15.2. The van der Waals surface area contributed by atoms with Gasteiger partial charge in [0, 0.05) is 24.5 Å². The summed E-state index contributed by atoms with van der Waals surface area (Å²) in [6, 6.07) is 11.1. The largest absolute Gasteiger partial charge is 0.353 e. The monoisotopic (exact) mass is 285 g/mol. The first-order valence-corrected chi connectivity index (χ1v) is 6.78. The maximum absolute atomic E-state index is 11.9. The fraction of sp³-hybridized carbons (Fsp3) is 0.250. The van der Waals surface area contributed by atoms with Crippen LogP contribution in [-0.2, 0) is 18.4 Å². The minimum atomic E-state index is -0.246. The second-order valence-corrected chi connectivity index (χ2v) is 4.94. The normalized spacial score (nSPS) is 10.2. The van der Waals surface area contributed by atoms with Gasteiger partial charge in [-0.2, -0.15) is 0 Å². The molecule has 0 spiro atoms. The van der Waals surface area contributed by atoms with Gasteiger partial charge in [-0.25, -0.2) is 0 Å². The molecule has 5 nitrogen and oxygen atoms in total. The lowest BCUT2D eigenvalue weighted by Crippen LogP contribution is -2.36. The molecule has 2 aromatic rings. The average molecular weight is 285 g/mol. The van der Waals surface area contributed by atoms with Gasteiger partial charge in [-0.15, -0.1) is 0 Å². The predicted octanol–water partition coefficient (Wildman–Crippen LogP) is 1.38. The van der Waals surface area contributed by atoms with Crippen molar-refractivity contribution in [2.45, 2.75) is 13.5 Å². The molecule has 0 saturated heterocycles. The second-order valence-electron chi connectivity index (χ2n) is 4.94. The highest BCUT2D eigenvalue weighted by Crippen LogP contribution is 2.02. The molecule has 0 aliphatic heterocycles. The summed E-state index contributed by atoms with van der Waals surface area (Å²) in [4.78, 5) is 23.6. The Morgan fingerprint density at radius 2 is 1.81 bits per heavy atom. The van der Waals surface area contributed by atoms with Crippen LogP contribution < -0.4 is 10.6 Å². The molecule has 0 atom stereocenters. The van der Waals surface area contributed by atoms with E-state index in [4.69, 9.17) is 0 Å². The van der Waals surface area contributed by atoms with E-state index >= 15 is 0 Å². The van der Waals surface area contributed by atoms with Crippen molar-refractivity contribution in [1.29, 1.82) is 0 Å². The quantitative estimate of drug-likeness (QED) is 0.872. The molecule has 1 aromatic carbocycles. The Bertz CT molecular complexity index is 629. The van der Waals surface area contributed by atoms with Gasteiger partial charge in [-0.1, -0.05) is 17.7 Å². The Kier molecular flexibility index (Phi) is 4.77. The summed E-state index contributed by atoms with van der Waals surface area (Å²) in [5, 5.41) is 5.37. The van der Waals surface area contributed by atoms with Gasteiger partial charge in [0.15, 0.2) is 0 Å². The number of carbonyl (C=O) groups is 2. The van der Waals surface area contributed by atoms with E-state index in [1.54, 1.807) is 12.1 Å². The first kappa shape index (κ1) is 14.8. The van der Waals surface area contributed by atoms with E-state index in [9.17, 15) is 9.59 Å². The van der Waals surface area contributed by atoms with E-state index in [1.165, 1.54) is 0 Å². The fourth-order valence-electron chi connectivity index (χ4n) is 1.90. The van der Waals surface area contributed by atoms with Gasteiger partial charge in [0.05, 0.1) is 13.1 Å². The molecule has 1 aromatic heterocycles. The molecule has 0 aliphatic rings. The van der Waals surface area contributed by atoms with E-state index in [0.29, 0.717) is 12.1 Å². The zero-order valence-corrected chi connectivity index (χ0v) is 12.2. The number of nitrogens with zero attached hydrogens (tertiary/aromatic N) is 1. The van der Waals surface area contributed by atoms with Crippen molar-refractivity contribution in [2.75, 3.05) is 6.54 Å². The molecular weight excluding hydrogens is 266 g/mol. The van der Waals surface area contributed by atoms with Crippen molar-refractivity contribution in [3.8, 4) is 0 Å². The van der Waals surface area contributed by atoms with Crippen molar-refractivity contribution in [2.24, 2.45) is 7.05 Å². The summed E-state index contributed by atoms with van der Waals surface area (Å²) >= 11 is 0. The molecule has 21 heavy (non-hydrogen) atoms. The second kappa shape index (κ2) is 6.74. The van der Waals surface area contributed by atoms with Crippen molar-refractivity contribution < 1.29 is 9.59 Å². The number of aryl methyl sites for hydroxylation is 2. The fourth-order valence-corrected chi connectivity index (χ4v) is 1.90. The van der Waals surface area contributed by atoms with E-state index in [-0.39, 0.29) is 18.4 Å².